The number of hydrogen-bond donors (Lipinski definition) is 0. The Balaban J connectivity index is 2.26. The second-order valence-corrected chi connectivity index (χ2v) is 6.79. The Hall–Kier alpha value is -0.840. The molecule has 1 heterocycles. The number of halogens is 1. The molecule has 1 amide bonds. The molecular weight excluding hydrogens is 298 g/mol. The summed E-state index contributed by atoms with van der Waals surface area (Å²) in [6.07, 6.45) is 1.81. The van der Waals surface area contributed by atoms with E-state index in [-0.39, 0.29) is 5.91 Å². The van der Waals surface area contributed by atoms with E-state index < -0.39 is 0 Å². The summed E-state index contributed by atoms with van der Waals surface area (Å²) < 4.78 is 0.622. The van der Waals surface area contributed by atoms with E-state index in [1.165, 1.54) is 11.8 Å². The zero-order chi connectivity index (χ0) is 14.0. The van der Waals surface area contributed by atoms with Gasteiger partial charge >= 0.3 is 0 Å². The van der Waals surface area contributed by atoms with Crippen molar-refractivity contribution in [2.24, 2.45) is 5.92 Å². The van der Waals surface area contributed by atoms with E-state index >= 15 is 0 Å². The van der Waals surface area contributed by atoms with Crippen LogP contribution < -0.4 is 0 Å². The molecule has 0 saturated carbocycles. The van der Waals surface area contributed by atoms with Crippen molar-refractivity contribution in [1.82, 2.24) is 4.90 Å². The molecule has 2 nitrogen and oxygen atoms in total. The second-order valence-electron chi connectivity index (χ2n) is 4.71. The van der Waals surface area contributed by atoms with Crippen molar-refractivity contribution in [3.63, 3.8) is 0 Å². The van der Waals surface area contributed by atoms with Gasteiger partial charge in [0.1, 0.15) is 4.32 Å². The zero-order valence-electron chi connectivity index (χ0n) is 10.7. The molecule has 0 aliphatic carbocycles. The second kappa shape index (κ2) is 6.07. The van der Waals surface area contributed by atoms with Gasteiger partial charge in [0.15, 0.2) is 0 Å². The lowest BCUT2D eigenvalue weighted by atomic mass is 10.2. The summed E-state index contributed by atoms with van der Waals surface area (Å²) >= 11 is 12.7. The van der Waals surface area contributed by atoms with Gasteiger partial charge in [-0.3, -0.25) is 9.69 Å². The van der Waals surface area contributed by atoms with Crippen LogP contribution in [0.25, 0.3) is 6.08 Å². The molecule has 0 N–H and O–H groups in total. The Morgan fingerprint density at radius 3 is 2.74 bits per heavy atom. The van der Waals surface area contributed by atoms with Gasteiger partial charge in [-0.15, -0.1) is 0 Å². The van der Waals surface area contributed by atoms with Gasteiger partial charge < -0.3 is 0 Å². The lowest BCUT2D eigenvalue weighted by Crippen LogP contribution is -2.31. The summed E-state index contributed by atoms with van der Waals surface area (Å²) in [4.78, 5) is 14.6. The smallest absolute Gasteiger partial charge is 0.266 e. The van der Waals surface area contributed by atoms with Crippen LogP contribution in [0.15, 0.2) is 29.2 Å². The van der Waals surface area contributed by atoms with Gasteiger partial charge in [-0.1, -0.05) is 67.6 Å². The first kappa shape index (κ1) is 14.6. The quantitative estimate of drug-likeness (QED) is 0.616. The monoisotopic (exact) mass is 311 g/mol. The highest BCUT2D eigenvalue weighted by Gasteiger charge is 2.32. The molecule has 1 saturated heterocycles. The predicted molar refractivity (Wildman–Crippen MR) is 86.2 cm³/mol. The SMILES string of the molecule is CC(C)CN1C(=O)C(=Cc2ccccc2Cl)SC1=S. The number of hydrogen-bond acceptors (Lipinski definition) is 3. The Morgan fingerprint density at radius 2 is 2.11 bits per heavy atom. The lowest BCUT2D eigenvalue weighted by Gasteiger charge is -2.16. The topological polar surface area (TPSA) is 20.3 Å². The summed E-state index contributed by atoms with van der Waals surface area (Å²) in [5.74, 6) is 0.366. The van der Waals surface area contributed by atoms with E-state index in [0.29, 0.717) is 26.7 Å². The van der Waals surface area contributed by atoms with Crippen LogP contribution in [0.4, 0.5) is 0 Å². The fourth-order valence-electron chi connectivity index (χ4n) is 1.76. The Kier molecular flexibility index (Phi) is 4.66. The molecule has 0 spiro atoms. The summed E-state index contributed by atoms with van der Waals surface area (Å²) in [5, 5.41) is 0.636. The third kappa shape index (κ3) is 3.38. The van der Waals surface area contributed by atoms with Gasteiger partial charge in [-0.05, 0) is 23.6 Å². The first-order valence-corrected chi connectivity index (χ1v) is 7.59. The van der Waals surface area contributed by atoms with E-state index in [9.17, 15) is 4.79 Å². The van der Waals surface area contributed by atoms with Crippen molar-refractivity contribution in [2.45, 2.75) is 13.8 Å². The van der Waals surface area contributed by atoms with Gasteiger partial charge in [0.2, 0.25) is 0 Å². The van der Waals surface area contributed by atoms with Crippen LogP contribution in [-0.4, -0.2) is 21.7 Å². The molecule has 1 aliphatic rings. The first-order valence-electron chi connectivity index (χ1n) is 5.99. The minimum absolute atomic E-state index is 0.0244. The van der Waals surface area contributed by atoms with E-state index in [2.05, 4.69) is 13.8 Å². The highest BCUT2D eigenvalue weighted by atomic mass is 35.5. The number of thiocarbonyl (C=S) groups is 1. The predicted octanol–water partition coefficient (Wildman–Crippen LogP) is 4.20. The average Bonchev–Trinajstić information content (AvgIpc) is 2.60. The number of thioether (sulfide) groups is 1. The minimum Gasteiger partial charge on any atom is -0.293 e. The number of carbonyl (C=O) groups excluding carboxylic acids is 1. The molecule has 1 aromatic carbocycles. The van der Waals surface area contributed by atoms with Crippen LogP contribution in [0.5, 0.6) is 0 Å². The highest BCUT2D eigenvalue weighted by molar-refractivity contribution is 8.26. The van der Waals surface area contributed by atoms with Gasteiger partial charge in [0.25, 0.3) is 5.91 Å². The van der Waals surface area contributed by atoms with Crippen LogP contribution in [0.3, 0.4) is 0 Å². The van der Waals surface area contributed by atoms with E-state index in [0.717, 1.165) is 5.56 Å². The molecule has 19 heavy (non-hydrogen) atoms. The third-order valence-corrected chi connectivity index (χ3v) is 4.34. The maximum atomic E-state index is 12.3. The number of nitrogens with zero attached hydrogens (tertiary/aromatic N) is 1. The molecule has 0 aromatic heterocycles. The molecule has 1 fully saturated rings. The molecule has 0 bridgehead atoms. The number of carbonyl (C=O) groups is 1. The van der Waals surface area contributed by atoms with E-state index in [1.807, 2.05) is 30.3 Å². The van der Waals surface area contributed by atoms with Crippen molar-refractivity contribution in [3.05, 3.63) is 39.8 Å². The fourth-order valence-corrected chi connectivity index (χ4v) is 3.21. The van der Waals surface area contributed by atoms with Gasteiger partial charge in [0.05, 0.1) is 4.91 Å². The minimum atomic E-state index is -0.0244. The Bertz CT molecular complexity index is 554. The molecule has 0 radical (unpaired) electrons. The van der Waals surface area contributed by atoms with E-state index in [4.69, 9.17) is 23.8 Å². The van der Waals surface area contributed by atoms with Gasteiger partial charge in [-0.2, -0.15) is 0 Å². The van der Waals surface area contributed by atoms with Crippen molar-refractivity contribution in [1.29, 1.82) is 0 Å². The van der Waals surface area contributed by atoms with Crippen LogP contribution in [0, 0.1) is 5.92 Å². The van der Waals surface area contributed by atoms with Crippen molar-refractivity contribution < 1.29 is 4.79 Å². The summed E-state index contributed by atoms with van der Waals surface area (Å²) in [6.45, 7) is 4.79. The fraction of sp³-hybridized carbons (Fsp3) is 0.286. The third-order valence-electron chi connectivity index (χ3n) is 2.61. The summed E-state index contributed by atoms with van der Waals surface area (Å²) in [7, 11) is 0. The molecule has 2 rings (SSSR count). The summed E-state index contributed by atoms with van der Waals surface area (Å²) in [6, 6.07) is 7.45. The molecule has 5 heteroatoms. The van der Waals surface area contributed by atoms with E-state index in [1.54, 1.807) is 4.90 Å². The summed E-state index contributed by atoms with van der Waals surface area (Å²) in [5.41, 5.74) is 0.842. The average molecular weight is 312 g/mol. The molecule has 1 aliphatic heterocycles. The van der Waals surface area contributed by atoms with Crippen molar-refractivity contribution in [3.8, 4) is 0 Å². The van der Waals surface area contributed by atoms with Crippen LogP contribution in [0.1, 0.15) is 19.4 Å². The number of rotatable bonds is 3. The van der Waals surface area contributed by atoms with Crippen molar-refractivity contribution >= 4 is 51.9 Å². The number of amides is 1. The molecular formula is C14H14ClNOS2. The van der Waals surface area contributed by atoms with Crippen molar-refractivity contribution in [2.75, 3.05) is 6.54 Å². The largest absolute Gasteiger partial charge is 0.293 e. The maximum Gasteiger partial charge on any atom is 0.266 e. The molecule has 0 unspecified atom stereocenters. The highest BCUT2D eigenvalue weighted by Crippen LogP contribution is 2.34. The first-order chi connectivity index (χ1) is 8.99. The van der Waals surface area contributed by atoms with Crippen LogP contribution in [-0.2, 0) is 4.79 Å². The molecule has 0 atom stereocenters. The maximum absolute atomic E-state index is 12.3. The lowest BCUT2D eigenvalue weighted by molar-refractivity contribution is -0.122. The number of benzene rings is 1. The Labute approximate surface area is 127 Å². The Morgan fingerprint density at radius 1 is 1.42 bits per heavy atom. The van der Waals surface area contributed by atoms with Crippen LogP contribution >= 0.6 is 35.6 Å². The van der Waals surface area contributed by atoms with Gasteiger partial charge in [0, 0.05) is 11.6 Å². The zero-order valence-corrected chi connectivity index (χ0v) is 13.1. The van der Waals surface area contributed by atoms with Crippen LogP contribution in [0.2, 0.25) is 5.02 Å². The normalized spacial score (nSPS) is 17.9. The molecule has 100 valence electrons. The van der Waals surface area contributed by atoms with Gasteiger partial charge in [-0.25, -0.2) is 0 Å². The molecule has 1 aromatic rings. The standard InChI is InChI=1S/C14H14ClNOS2/c1-9(2)8-16-13(17)12(19-14(16)18)7-10-5-3-4-6-11(10)15/h3-7,9H,8H2,1-2H3.